The average molecular weight is 194 g/mol. The summed E-state index contributed by atoms with van der Waals surface area (Å²) in [5.41, 5.74) is 6.83. The molecule has 5 nitrogen and oxygen atoms in total. The Labute approximate surface area is 80.8 Å². The maximum Gasteiger partial charge on any atom is 0.410 e. The zero-order valence-corrected chi connectivity index (χ0v) is 7.53. The SMILES string of the molecule is NC(=O)Oc1cnc2c(c1)COCC2. The maximum absolute atomic E-state index is 10.5. The van der Waals surface area contributed by atoms with E-state index in [1.165, 1.54) is 6.20 Å². The average Bonchev–Trinajstić information content (AvgIpc) is 2.17. The predicted molar refractivity (Wildman–Crippen MR) is 47.8 cm³/mol. The van der Waals surface area contributed by atoms with Crippen LogP contribution >= 0.6 is 0 Å². The van der Waals surface area contributed by atoms with Crippen LogP contribution < -0.4 is 10.5 Å². The highest BCUT2D eigenvalue weighted by Crippen LogP contribution is 2.19. The highest BCUT2D eigenvalue weighted by molar-refractivity contribution is 5.67. The first-order valence-corrected chi connectivity index (χ1v) is 4.28. The molecule has 2 N–H and O–H groups in total. The smallest absolute Gasteiger partial charge is 0.409 e. The van der Waals surface area contributed by atoms with Gasteiger partial charge in [-0.15, -0.1) is 0 Å². The molecular weight excluding hydrogens is 184 g/mol. The highest BCUT2D eigenvalue weighted by Gasteiger charge is 2.12. The van der Waals surface area contributed by atoms with E-state index in [1.807, 2.05) is 0 Å². The molecular formula is C9H10N2O3. The molecule has 5 heteroatoms. The summed E-state index contributed by atoms with van der Waals surface area (Å²) in [6.45, 7) is 1.20. The first kappa shape index (κ1) is 8.96. The van der Waals surface area contributed by atoms with E-state index in [9.17, 15) is 4.79 Å². The Morgan fingerprint density at radius 2 is 2.50 bits per heavy atom. The number of aromatic nitrogens is 1. The van der Waals surface area contributed by atoms with Crippen LogP contribution in [0.2, 0.25) is 0 Å². The summed E-state index contributed by atoms with van der Waals surface area (Å²) in [5.74, 6) is 0.363. The van der Waals surface area contributed by atoms with Crippen LogP contribution in [-0.4, -0.2) is 17.7 Å². The van der Waals surface area contributed by atoms with Gasteiger partial charge in [-0.05, 0) is 6.07 Å². The van der Waals surface area contributed by atoms with E-state index in [2.05, 4.69) is 4.98 Å². The van der Waals surface area contributed by atoms with Gasteiger partial charge in [0.05, 0.1) is 19.4 Å². The van der Waals surface area contributed by atoms with Crippen molar-refractivity contribution in [2.45, 2.75) is 13.0 Å². The van der Waals surface area contributed by atoms with Gasteiger partial charge in [0.25, 0.3) is 0 Å². The molecule has 0 saturated carbocycles. The minimum absolute atomic E-state index is 0.363. The first-order valence-electron chi connectivity index (χ1n) is 4.28. The Bertz CT molecular complexity index is 365. The zero-order valence-electron chi connectivity index (χ0n) is 7.53. The minimum Gasteiger partial charge on any atom is -0.409 e. The number of carbonyl (C=O) groups is 1. The van der Waals surface area contributed by atoms with Crippen molar-refractivity contribution in [2.24, 2.45) is 5.73 Å². The molecule has 0 aliphatic carbocycles. The van der Waals surface area contributed by atoms with Crippen molar-refractivity contribution in [1.82, 2.24) is 4.98 Å². The van der Waals surface area contributed by atoms with Gasteiger partial charge in [0, 0.05) is 17.7 Å². The van der Waals surface area contributed by atoms with Gasteiger partial charge < -0.3 is 15.2 Å². The molecule has 0 spiro atoms. The molecule has 2 rings (SSSR count). The van der Waals surface area contributed by atoms with Crippen LogP contribution in [0.3, 0.4) is 0 Å². The molecule has 0 aromatic carbocycles. The fourth-order valence-corrected chi connectivity index (χ4v) is 1.39. The molecule has 1 aliphatic heterocycles. The van der Waals surface area contributed by atoms with E-state index in [0.717, 1.165) is 17.7 Å². The molecule has 0 fully saturated rings. The van der Waals surface area contributed by atoms with Crippen LogP contribution in [-0.2, 0) is 17.8 Å². The van der Waals surface area contributed by atoms with E-state index < -0.39 is 6.09 Å². The fraction of sp³-hybridized carbons (Fsp3) is 0.333. The minimum atomic E-state index is -0.830. The molecule has 1 aromatic rings. The number of nitrogens with two attached hydrogens (primary N) is 1. The van der Waals surface area contributed by atoms with Crippen molar-refractivity contribution in [3.8, 4) is 5.75 Å². The number of rotatable bonds is 1. The molecule has 0 unspecified atom stereocenters. The van der Waals surface area contributed by atoms with Crippen molar-refractivity contribution < 1.29 is 14.3 Å². The summed E-state index contributed by atoms with van der Waals surface area (Å²) in [7, 11) is 0. The number of hydrogen-bond donors (Lipinski definition) is 1. The van der Waals surface area contributed by atoms with E-state index in [4.69, 9.17) is 15.2 Å². The number of amides is 1. The third kappa shape index (κ3) is 1.82. The molecule has 0 atom stereocenters. The number of nitrogens with zero attached hydrogens (tertiary/aromatic N) is 1. The van der Waals surface area contributed by atoms with Crippen LogP contribution in [0.15, 0.2) is 12.3 Å². The number of primary amides is 1. The second kappa shape index (κ2) is 3.63. The summed E-state index contributed by atoms with van der Waals surface area (Å²) >= 11 is 0. The topological polar surface area (TPSA) is 74.4 Å². The first-order chi connectivity index (χ1) is 6.75. The van der Waals surface area contributed by atoms with Gasteiger partial charge in [-0.3, -0.25) is 4.98 Å². The molecule has 0 bridgehead atoms. The standard InChI is InChI=1S/C9H10N2O3/c10-9(12)14-7-3-6-5-13-2-1-8(6)11-4-7/h3-4H,1-2,5H2,(H2,10,12). The molecule has 1 amide bonds. The number of pyridine rings is 1. The van der Waals surface area contributed by atoms with Gasteiger partial charge in [-0.2, -0.15) is 0 Å². The Hall–Kier alpha value is -1.62. The number of ether oxygens (including phenoxy) is 2. The van der Waals surface area contributed by atoms with Gasteiger partial charge >= 0.3 is 6.09 Å². The third-order valence-electron chi connectivity index (χ3n) is 1.99. The summed E-state index contributed by atoms with van der Waals surface area (Å²) in [6.07, 6.45) is 1.46. The molecule has 74 valence electrons. The summed E-state index contributed by atoms with van der Waals surface area (Å²) < 4.78 is 9.95. The van der Waals surface area contributed by atoms with Crippen LogP contribution in [0.4, 0.5) is 4.79 Å². The molecule has 1 aromatic heterocycles. The Balaban J connectivity index is 2.24. The summed E-state index contributed by atoms with van der Waals surface area (Å²) in [4.78, 5) is 14.6. The molecule has 1 aliphatic rings. The Kier molecular flexibility index (Phi) is 2.32. The van der Waals surface area contributed by atoms with E-state index in [-0.39, 0.29) is 0 Å². The van der Waals surface area contributed by atoms with Crippen LogP contribution in [0.25, 0.3) is 0 Å². The zero-order chi connectivity index (χ0) is 9.97. The number of fused-ring (bicyclic) bond motifs is 1. The fourth-order valence-electron chi connectivity index (χ4n) is 1.39. The van der Waals surface area contributed by atoms with Gasteiger partial charge in [0.15, 0.2) is 5.75 Å². The van der Waals surface area contributed by atoms with Crippen LogP contribution in [0.1, 0.15) is 11.3 Å². The third-order valence-corrected chi connectivity index (χ3v) is 1.99. The highest BCUT2D eigenvalue weighted by atomic mass is 16.5. The van der Waals surface area contributed by atoms with Crippen LogP contribution in [0, 0.1) is 0 Å². The van der Waals surface area contributed by atoms with E-state index in [0.29, 0.717) is 19.0 Å². The largest absolute Gasteiger partial charge is 0.410 e. The second-order valence-corrected chi connectivity index (χ2v) is 3.00. The second-order valence-electron chi connectivity index (χ2n) is 3.00. The normalized spacial score (nSPS) is 14.6. The van der Waals surface area contributed by atoms with Gasteiger partial charge in [-0.1, -0.05) is 0 Å². The van der Waals surface area contributed by atoms with Crippen molar-refractivity contribution in [3.05, 3.63) is 23.5 Å². The molecule has 14 heavy (non-hydrogen) atoms. The van der Waals surface area contributed by atoms with Gasteiger partial charge in [0.1, 0.15) is 0 Å². The van der Waals surface area contributed by atoms with Crippen molar-refractivity contribution in [1.29, 1.82) is 0 Å². The van der Waals surface area contributed by atoms with Crippen LogP contribution in [0.5, 0.6) is 5.75 Å². The lowest BCUT2D eigenvalue weighted by atomic mass is 10.1. The number of hydrogen-bond acceptors (Lipinski definition) is 4. The van der Waals surface area contributed by atoms with Crippen molar-refractivity contribution in [3.63, 3.8) is 0 Å². The van der Waals surface area contributed by atoms with Gasteiger partial charge in [-0.25, -0.2) is 4.79 Å². The lowest BCUT2D eigenvalue weighted by molar-refractivity contribution is 0.109. The van der Waals surface area contributed by atoms with E-state index >= 15 is 0 Å². The molecule has 2 heterocycles. The molecule has 0 radical (unpaired) electrons. The van der Waals surface area contributed by atoms with Crippen molar-refractivity contribution in [2.75, 3.05) is 6.61 Å². The van der Waals surface area contributed by atoms with E-state index in [1.54, 1.807) is 6.07 Å². The maximum atomic E-state index is 10.5. The Morgan fingerprint density at radius 3 is 3.29 bits per heavy atom. The van der Waals surface area contributed by atoms with Gasteiger partial charge in [0.2, 0.25) is 0 Å². The molecule has 0 saturated heterocycles. The monoisotopic (exact) mass is 194 g/mol. The van der Waals surface area contributed by atoms with Crippen molar-refractivity contribution >= 4 is 6.09 Å². The lowest BCUT2D eigenvalue weighted by Crippen LogP contribution is -2.17. The predicted octanol–water partition coefficient (Wildman–Crippen LogP) is 0.612. The number of carbonyl (C=O) groups excluding carboxylic acids is 1. The Morgan fingerprint density at radius 1 is 1.64 bits per heavy atom. The quantitative estimate of drug-likeness (QED) is 0.710. The summed E-state index contributed by atoms with van der Waals surface area (Å²) in [5, 5.41) is 0. The lowest BCUT2D eigenvalue weighted by Gasteiger charge is -2.15. The summed E-state index contributed by atoms with van der Waals surface area (Å²) in [6, 6.07) is 1.73.